The molecule has 9 heteroatoms. The summed E-state index contributed by atoms with van der Waals surface area (Å²) < 4.78 is 41.9. The molecule has 160 valence electrons. The van der Waals surface area contributed by atoms with E-state index in [-0.39, 0.29) is 5.75 Å². The molecule has 6 nitrogen and oxygen atoms in total. The van der Waals surface area contributed by atoms with Crippen LogP contribution in [-0.2, 0) is 12.3 Å². The smallest absolute Gasteiger partial charge is 0.387 e. The molecule has 2 aromatic carbocycles. The Morgan fingerprint density at radius 1 is 1.03 bits per heavy atom. The van der Waals surface area contributed by atoms with Crippen LogP contribution in [0.25, 0.3) is 11.4 Å². The van der Waals surface area contributed by atoms with Crippen LogP contribution in [0.15, 0.2) is 76.5 Å². The van der Waals surface area contributed by atoms with Crippen LogP contribution in [0, 0.1) is 0 Å². The number of rotatable bonds is 9. The SMILES string of the molecule is COc1cccc(-c2nnc(SCc3ccc(OC(F)F)cc3)n2Cc2ccco2)c1. The van der Waals surface area contributed by atoms with Crippen LogP contribution in [0.1, 0.15) is 11.3 Å². The number of hydrogen-bond acceptors (Lipinski definition) is 6. The van der Waals surface area contributed by atoms with Crippen LogP contribution >= 0.6 is 11.8 Å². The zero-order valence-corrected chi connectivity index (χ0v) is 17.4. The van der Waals surface area contributed by atoms with Crippen molar-refractivity contribution in [2.45, 2.75) is 24.1 Å². The van der Waals surface area contributed by atoms with Gasteiger partial charge < -0.3 is 13.9 Å². The van der Waals surface area contributed by atoms with E-state index < -0.39 is 6.61 Å². The second kappa shape index (κ2) is 9.65. The maximum atomic E-state index is 12.3. The third-order valence-corrected chi connectivity index (χ3v) is 5.49. The summed E-state index contributed by atoms with van der Waals surface area (Å²) in [5.41, 5.74) is 1.82. The maximum Gasteiger partial charge on any atom is 0.387 e. The Morgan fingerprint density at radius 3 is 2.58 bits per heavy atom. The Kier molecular flexibility index (Phi) is 6.51. The first-order valence-corrected chi connectivity index (χ1v) is 10.4. The molecule has 0 saturated heterocycles. The predicted octanol–water partition coefficient (Wildman–Crippen LogP) is 5.49. The molecular weight excluding hydrogens is 424 g/mol. The lowest BCUT2D eigenvalue weighted by Crippen LogP contribution is -2.04. The molecule has 0 spiro atoms. The molecule has 0 aliphatic carbocycles. The molecule has 0 radical (unpaired) electrons. The monoisotopic (exact) mass is 443 g/mol. The highest BCUT2D eigenvalue weighted by molar-refractivity contribution is 7.98. The molecule has 4 rings (SSSR count). The lowest BCUT2D eigenvalue weighted by Gasteiger charge is -2.10. The molecule has 0 aliphatic heterocycles. The first kappa shape index (κ1) is 20.9. The van der Waals surface area contributed by atoms with Crippen molar-refractivity contribution >= 4 is 11.8 Å². The van der Waals surface area contributed by atoms with Gasteiger partial charge in [0.15, 0.2) is 11.0 Å². The molecule has 2 heterocycles. The Balaban J connectivity index is 1.57. The number of nitrogens with zero attached hydrogens (tertiary/aromatic N) is 3. The molecule has 0 N–H and O–H groups in total. The van der Waals surface area contributed by atoms with Crippen LogP contribution in [0.4, 0.5) is 8.78 Å². The number of aromatic nitrogens is 3. The van der Waals surface area contributed by atoms with Gasteiger partial charge >= 0.3 is 6.61 Å². The predicted molar refractivity (Wildman–Crippen MR) is 112 cm³/mol. The molecule has 2 aromatic heterocycles. The van der Waals surface area contributed by atoms with Crippen LogP contribution in [0.5, 0.6) is 11.5 Å². The first-order valence-electron chi connectivity index (χ1n) is 9.39. The van der Waals surface area contributed by atoms with Crippen molar-refractivity contribution in [1.29, 1.82) is 0 Å². The summed E-state index contributed by atoms with van der Waals surface area (Å²) >= 11 is 1.49. The summed E-state index contributed by atoms with van der Waals surface area (Å²) in [6, 6.07) is 17.9. The molecule has 0 aliphatic rings. The summed E-state index contributed by atoms with van der Waals surface area (Å²) in [6.45, 7) is -2.37. The number of halogens is 2. The van der Waals surface area contributed by atoms with Gasteiger partial charge in [-0.05, 0) is 42.0 Å². The minimum absolute atomic E-state index is 0.130. The van der Waals surface area contributed by atoms with E-state index >= 15 is 0 Å². The van der Waals surface area contributed by atoms with Gasteiger partial charge in [0.2, 0.25) is 0 Å². The van der Waals surface area contributed by atoms with E-state index in [1.807, 2.05) is 41.0 Å². The molecule has 31 heavy (non-hydrogen) atoms. The molecule has 4 aromatic rings. The number of methoxy groups -OCH3 is 1. The van der Waals surface area contributed by atoms with Gasteiger partial charge in [-0.15, -0.1) is 10.2 Å². The van der Waals surface area contributed by atoms with Crippen molar-refractivity contribution < 1.29 is 22.7 Å². The minimum atomic E-state index is -2.84. The van der Waals surface area contributed by atoms with Gasteiger partial charge in [-0.1, -0.05) is 36.0 Å². The fraction of sp³-hybridized carbons (Fsp3) is 0.182. The third-order valence-electron chi connectivity index (χ3n) is 4.46. The van der Waals surface area contributed by atoms with Crippen LogP contribution < -0.4 is 9.47 Å². The maximum absolute atomic E-state index is 12.3. The first-order chi connectivity index (χ1) is 15.1. The highest BCUT2D eigenvalue weighted by Crippen LogP contribution is 2.29. The van der Waals surface area contributed by atoms with Crippen molar-refractivity contribution in [2.24, 2.45) is 0 Å². The fourth-order valence-electron chi connectivity index (χ4n) is 2.99. The Bertz CT molecular complexity index is 1120. The van der Waals surface area contributed by atoms with Crippen LogP contribution in [0.2, 0.25) is 0 Å². The zero-order valence-electron chi connectivity index (χ0n) is 16.6. The average molecular weight is 443 g/mol. The number of ether oxygens (including phenoxy) is 2. The largest absolute Gasteiger partial charge is 0.497 e. The number of alkyl halides is 2. The fourth-order valence-corrected chi connectivity index (χ4v) is 3.88. The van der Waals surface area contributed by atoms with Gasteiger partial charge in [0.1, 0.15) is 17.3 Å². The third kappa shape index (κ3) is 5.24. The summed E-state index contributed by atoms with van der Waals surface area (Å²) in [5, 5.41) is 9.47. The van der Waals surface area contributed by atoms with Gasteiger partial charge in [0.05, 0.1) is 19.9 Å². The zero-order chi connectivity index (χ0) is 21.6. The number of benzene rings is 2. The van der Waals surface area contributed by atoms with Crippen LogP contribution in [0.3, 0.4) is 0 Å². The quantitative estimate of drug-likeness (QED) is 0.319. The summed E-state index contributed by atoms with van der Waals surface area (Å²) in [5.74, 6) is 2.91. The van der Waals surface area contributed by atoms with Gasteiger partial charge in [0.25, 0.3) is 0 Å². The van der Waals surface area contributed by atoms with Crippen molar-refractivity contribution in [3.8, 4) is 22.9 Å². The minimum Gasteiger partial charge on any atom is -0.497 e. The Morgan fingerprint density at radius 2 is 1.87 bits per heavy atom. The van der Waals surface area contributed by atoms with Crippen LogP contribution in [-0.4, -0.2) is 28.5 Å². The summed E-state index contributed by atoms with van der Waals surface area (Å²) in [4.78, 5) is 0. The molecule has 0 bridgehead atoms. The molecule has 0 atom stereocenters. The number of furan rings is 1. The molecule has 0 fully saturated rings. The number of thioether (sulfide) groups is 1. The molecule has 0 amide bonds. The van der Waals surface area contributed by atoms with E-state index in [0.717, 1.165) is 22.6 Å². The van der Waals surface area contributed by atoms with Gasteiger partial charge in [-0.2, -0.15) is 8.78 Å². The second-order valence-corrected chi connectivity index (χ2v) is 7.46. The van der Waals surface area contributed by atoms with Gasteiger partial charge in [-0.3, -0.25) is 4.57 Å². The topological polar surface area (TPSA) is 62.3 Å². The standard InChI is InChI=1S/C22H19F2N3O3S/c1-28-18-5-2-4-16(12-18)20-25-26-22(27(20)13-19-6-3-11-29-19)31-14-15-7-9-17(10-8-15)30-21(23)24/h2-12,21H,13-14H2,1H3. The van der Waals surface area contributed by atoms with E-state index in [0.29, 0.717) is 23.3 Å². The molecule has 0 saturated carbocycles. The lowest BCUT2D eigenvalue weighted by molar-refractivity contribution is -0.0498. The molecular formula is C22H19F2N3O3S. The van der Waals surface area contributed by atoms with Gasteiger partial charge in [0, 0.05) is 11.3 Å². The van der Waals surface area contributed by atoms with E-state index in [9.17, 15) is 8.78 Å². The highest BCUT2D eigenvalue weighted by atomic mass is 32.2. The average Bonchev–Trinajstić information content (AvgIpc) is 3.43. The van der Waals surface area contributed by atoms with Crippen molar-refractivity contribution in [3.63, 3.8) is 0 Å². The van der Waals surface area contributed by atoms with Crippen molar-refractivity contribution in [3.05, 3.63) is 78.3 Å². The number of hydrogen-bond donors (Lipinski definition) is 0. The van der Waals surface area contributed by atoms with E-state index in [2.05, 4.69) is 14.9 Å². The molecule has 0 unspecified atom stereocenters. The lowest BCUT2D eigenvalue weighted by atomic mass is 10.2. The van der Waals surface area contributed by atoms with Gasteiger partial charge in [-0.25, -0.2) is 0 Å². The van der Waals surface area contributed by atoms with E-state index in [1.165, 1.54) is 23.9 Å². The summed E-state index contributed by atoms with van der Waals surface area (Å²) in [7, 11) is 1.62. The normalized spacial score (nSPS) is 11.1. The Labute approximate surface area is 181 Å². The Hall–Kier alpha value is -3.33. The van der Waals surface area contributed by atoms with Crippen molar-refractivity contribution in [2.75, 3.05) is 7.11 Å². The van der Waals surface area contributed by atoms with Crippen molar-refractivity contribution in [1.82, 2.24) is 14.8 Å². The summed E-state index contributed by atoms with van der Waals surface area (Å²) in [6.07, 6.45) is 1.63. The van der Waals surface area contributed by atoms with E-state index in [4.69, 9.17) is 9.15 Å². The van der Waals surface area contributed by atoms with E-state index in [1.54, 1.807) is 25.5 Å². The second-order valence-electron chi connectivity index (χ2n) is 6.51. The highest BCUT2D eigenvalue weighted by Gasteiger charge is 2.16.